The van der Waals surface area contributed by atoms with E-state index in [0.29, 0.717) is 85.5 Å². The van der Waals surface area contributed by atoms with Crippen molar-refractivity contribution < 1.29 is 19.1 Å². The molecule has 0 radical (unpaired) electrons. The van der Waals surface area contributed by atoms with Gasteiger partial charge in [0.15, 0.2) is 6.10 Å². The van der Waals surface area contributed by atoms with Gasteiger partial charge in [0.25, 0.3) is 5.91 Å². The van der Waals surface area contributed by atoms with Gasteiger partial charge < -0.3 is 35.4 Å². The van der Waals surface area contributed by atoms with Crippen molar-refractivity contribution in [2.45, 2.75) is 75.3 Å². The van der Waals surface area contributed by atoms with Gasteiger partial charge in [-0.3, -0.25) is 9.69 Å². The van der Waals surface area contributed by atoms with Crippen LogP contribution in [0.15, 0.2) is 22.9 Å². The maximum atomic E-state index is 14.1. The zero-order valence-corrected chi connectivity index (χ0v) is 28.3. The van der Waals surface area contributed by atoms with E-state index in [1.807, 2.05) is 15.2 Å². The Kier molecular flexibility index (Phi) is 9.00. The number of likely N-dealkylation sites (tertiary alicyclic amines) is 4. The minimum absolute atomic E-state index is 0.0103. The zero-order chi connectivity index (χ0) is 32.8. The van der Waals surface area contributed by atoms with Crippen LogP contribution in [0.4, 0.5) is 21.0 Å². The number of likely N-dealkylation sites (N-methyl/N-ethyl adjacent to an activating group) is 1. The molecule has 6 heterocycles. The lowest BCUT2D eigenvalue weighted by Gasteiger charge is -2.42. The summed E-state index contributed by atoms with van der Waals surface area (Å²) < 4.78 is 6.03. The maximum Gasteiger partial charge on any atom is 0.410 e. The van der Waals surface area contributed by atoms with Crippen LogP contribution in [0.1, 0.15) is 48.8 Å². The Morgan fingerprint density at radius 2 is 1.79 bits per heavy atom. The lowest BCUT2D eigenvalue weighted by Crippen LogP contribution is -2.55. The Morgan fingerprint density at radius 1 is 1.06 bits per heavy atom. The molecule has 0 saturated carbocycles. The molecule has 2 unspecified atom stereocenters. The number of urea groups is 1. The first-order valence-electron chi connectivity index (χ1n) is 16.6. The number of nitrogens with one attached hydrogen (secondary N) is 1. The van der Waals surface area contributed by atoms with Crippen molar-refractivity contribution in [2.75, 3.05) is 57.4 Å². The molecule has 1 aromatic carbocycles. The number of nitrogens with two attached hydrogens (primary N) is 1. The van der Waals surface area contributed by atoms with Crippen molar-refractivity contribution in [1.82, 2.24) is 24.5 Å². The number of thiophene rings is 1. The van der Waals surface area contributed by atoms with E-state index in [1.165, 1.54) is 6.42 Å². The molecular formula is C34H42ClN7O4S. The first-order valence-corrected chi connectivity index (χ1v) is 17.9. The molecule has 7 rings (SSSR count). The average Bonchev–Trinajstić information content (AvgIpc) is 3.81. The summed E-state index contributed by atoms with van der Waals surface area (Å²) in [6.07, 6.45) is 8.52. The number of piperazine rings is 1. The molecule has 4 saturated heterocycles. The fraction of sp³-hybridized carbons (Fsp3) is 0.559. The molecule has 250 valence electrons. The molecule has 11 nitrogen and oxygen atoms in total. The van der Waals surface area contributed by atoms with Gasteiger partial charge in [-0.2, -0.15) is 0 Å². The van der Waals surface area contributed by atoms with Gasteiger partial charge in [0, 0.05) is 86.4 Å². The standard InChI is InChI=1S/C34H42ClN7O4S/c1-3-22-12-21(13-28(35)31(22)36)14-30(32(43)39-8-4-24(5-9-39)41-18-26-15-27(41)17-38(26)2)46-34(45)40-10-6-25(7-11-40)42-16-23-19-47-20-29(23)37-33(42)44/h1,12-13,19-20,24-27,30H,4-11,14-18,36H2,2H3,(H,37,44)/t26?,27?,30-/m1/s1. The number of nitrogen functional groups attached to an aromatic ring is 1. The number of fused-ring (bicyclic) bond motifs is 3. The molecule has 47 heavy (non-hydrogen) atoms. The van der Waals surface area contributed by atoms with E-state index in [1.54, 1.807) is 28.4 Å². The number of carbonyl (C=O) groups is 3. The van der Waals surface area contributed by atoms with Crippen molar-refractivity contribution in [2.24, 2.45) is 0 Å². The Balaban J connectivity index is 1.00. The summed E-state index contributed by atoms with van der Waals surface area (Å²) in [5, 5.41) is 7.28. The van der Waals surface area contributed by atoms with Crippen molar-refractivity contribution in [3.05, 3.63) is 44.6 Å². The number of halogens is 1. The molecule has 2 aromatic rings. The summed E-state index contributed by atoms with van der Waals surface area (Å²) >= 11 is 7.96. The quantitative estimate of drug-likeness (QED) is 0.352. The van der Waals surface area contributed by atoms with Crippen LogP contribution in [0.25, 0.3) is 0 Å². The molecule has 4 fully saturated rings. The predicted molar refractivity (Wildman–Crippen MR) is 182 cm³/mol. The molecule has 1 aromatic heterocycles. The third-order valence-corrected chi connectivity index (χ3v) is 11.9. The minimum Gasteiger partial charge on any atom is -0.436 e. The van der Waals surface area contributed by atoms with Crippen molar-refractivity contribution >= 4 is 52.3 Å². The van der Waals surface area contributed by atoms with Crippen molar-refractivity contribution in [1.29, 1.82) is 0 Å². The Labute approximate surface area is 284 Å². The number of benzene rings is 1. The summed E-state index contributed by atoms with van der Waals surface area (Å²) in [6.45, 7) is 4.87. The fourth-order valence-corrected chi connectivity index (χ4v) is 9.14. The number of carbonyl (C=O) groups excluding carboxylic acids is 3. The van der Waals surface area contributed by atoms with Crippen LogP contribution < -0.4 is 11.1 Å². The van der Waals surface area contributed by atoms with Gasteiger partial charge in [0.1, 0.15) is 0 Å². The summed E-state index contributed by atoms with van der Waals surface area (Å²) in [4.78, 5) is 50.9. The SMILES string of the molecule is C#Cc1cc(C[C@@H](OC(=O)N2CCC(N3Cc4cscc4NC3=O)CC2)C(=O)N2CCC(N3CC4CC3CN4C)CC2)cc(Cl)c1N. The minimum atomic E-state index is -1.04. The molecule has 4 amide bonds. The third-order valence-electron chi connectivity index (χ3n) is 10.8. The average molecular weight is 680 g/mol. The number of nitrogens with zero attached hydrogens (tertiary/aromatic N) is 5. The highest BCUT2D eigenvalue weighted by molar-refractivity contribution is 7.08. The molecule has 13 heteroatoms. The fourth-order valence-electron chi connectivity index (χ4n) is 8.12. The van der Waals surface area contributed by atoms with Gasteiger partial charge in [-0.1, -0.05) is 17.5 Å². The van der Waals surface area contributed by atoms with E-state index < -0.39 is 12.2 Å². The molecule has 3 N–H and O–H groups in total. The highest BCUT2D eigenvalue weighted by Gasteiger charge is 2.45. The number of ether oxygens (including phenoxy) is 1. The number of rotatable bonds is 6. The van der Waals surface area contributed by atoms with Gasteiger partial charge >= 0.3 is 12.1 Å². The van der Waals surface area contributed by atoms with Gasteiger partial charge in [-0.25, -0.2) is 9.59 Å². The first-order chi connectivity index (χ1) is 22.7. The number of hydrogen-bond donors (Lipinski definition) is 2. The lowest BCUT2D eigenvalue weighted by atomic mass is 9.99. The van der Waals surface area contributed by atoms with E-state index in [-0.39, 0.29) is 24.4 Å². The van der Waals surface area contributed by atoms with E-state index in [0.717, 1.165) is 37.2 Å². The number of terminal acetylenes is 1. The first kappa shape index (κ1) is 32.1. The van der Waals surface area contributed by atoms with E-state index in [2.05, 4.69) is 33.5 Å². The van der Waals surface area contributed by atoms with Crippen molar-refractivity contribution in [3.8, 4) is 12.3 Å². The molecule has 0 spiro atoms. The van der Waals surface area contributed by atoms with E-state index in [9.17, 15) is 14.4 Å². The Morgan fingerprint density at radius 3 is 2.47 bits per heavy atom. The largest absolute Gasteiger partial charge is 0.436 e. The van der Waals surface area contributed by atoms with Crippen LogP contribution in [-0.2, 0) is 22.5 Å². The molecule has 3 atom stereocenters. The van der Waals surface area contributed by atoms with Crippen LogP contribution in [0.5, 0.6) is 0 Å². The normalized spacial score (nSPS) is 24.6. The number of amides is 4. The maximum absolute atomic E-state index is 14.1. The summed E-state index contributed by atoms with van der Waals surface area (Å²) in [7, 11) is 2.21. The summed E-state index contributed by atoms with van der Waals surface area (Å²) in [5.41, 5.74) is 9.47. The molecule has 5 aliphatic rings. The summed E-state index contributed by atoms with van der Waals surface area (Å²) in [5.74, 6) is 2.35. The van der Waals surface area contributed by atoms with Crippen LogP contribution in [0, 0.1) is 12.3 Å². The van der Waals surface area contributed by atoms with E-state index in [4.69, 9.17) is 28.5 Å². The van der Waals surface area contributed by atoms with Crippen LogP contribution in [0.2, 0.25) is 5.02 Å². The molecular weight excluding hydrogens is 638 g/mol. The smallest absolute Gasteiger partial charge is 0.410 e. The predicted octanol–water partition coefficient (Wildman–Crippen LogP) is 3.90. The molecule has 2 bridgehead atoms. The highest BCUT2D eigenvalue weighted by Crippen LogP contribution is 2.34. The van der Waals surface area contributed by atoms with Gasteiger partial charge in [0.2, 0.25) is 0 Å². The monoisotopic (exact) mass is 679 g/mol. The zero-order valence-electron chi connectivity index (χ0n) is 26.7. The Hall–Kier alpha value is -3.50. The van der Waals surface area contributed by atoms with Crippen molar-refractivity contribution in [3.63, 3.8) is 0 Å². The second kappa shape index (κ2) is 13.2. The second-order valence-electron chi connectivity index (χ2n) is 13.6. The molecule has 0 aliphatic carbocycles. The van der Waals surface area contributed by atoms with Crippen LogP contribution in [-0.4, -0.2) is 119 Å². The van der Waals surface area contributed by atoms with Crippen LogP contribution in [0.3, 0.4) is 0 Å². The number of hydrogen-bond acceptors (Lipinski definition) is 8. The third kappa shape index (κ3) is 6.38. The number of anilines is 2. The van der Waals surface area contributed by atoms with E-state index >= 15 is 0 Å². The van der Waals surface area contributed by atoms with Gasteiger partial charge in [0.05, 0.1) is 22.9 Å². The van der Waals surface area contributed by atoms with Gasteiger partial charge in [-0.05, 0) is 62.2 Å². The summed E-state index contributed by atoms with van der Waals surface area (Å²) in [6, 6.07) is 5.03. The topological polar surface area (TPSA) is 115 Å². The Bertz CT molecular complexity index is 1580. The molecule has 5 aliphatic heterocycles. The lowest BCUT2D eigenvalue weighted by molar-refractivity contribution is -0.142. The highest BCUT2D eigenvalue weighted by atomic mass is 35.5. The number of piperidine rings is 2. The van der Waals surface area contributed by atoms with Gasteiger partial charge in [-0.15, -0.1) is 17.8 Å². The second-order valence-corrected chi connectivity index (χ2v) is 14.7. The van der Waals surface area contributed by atoms with Crippen LogP contribution >= 0.6 is 22.9 Å².